The molecular formula is C13H12ClNO4. The van der Waals surface area contributed by atoms with Crippen molar-refractivity contribution in [1.29, 1.82) is 0 Å². The molecule has 1 atom stereocenters. The van der Waals surface area contributed by atoms with E-state index in [2.05, 4.69) is 5.32 Å². The Morgan fingerprint density at radius 2 is 2.21 bits per heavy atom. The Labute approximate surface area is 114 Å². The molecule has 0 saturated heterocycles. The SMILES string of the molecule is CC(NC(=O)C1=Cc2cc(Cl)ccc2OC1)C(=O)O. The van der Waals surface area contributed by atoms with Crippen molar-refractivity contribution in [2.24, 2.45) is 0 Å². The van der Waals surface area contributed by atoms with Crippen LogP contribution in [0.3, 0.4) is 0 Å². The first-order valence-corrected chi connectivity index (χ1v) is 6.02. The number of carbonyl (C=O) groups is 2. The Kier molecular flexibility index (Phi) is 3.76. The van der Waals surface area contributed by atoms with E-state index in [0.717, 1.165) is 0 Å². The second-order valence-electron chi connectivity index (χ2n) is 4.17. The summed E-state index contributed by atoms with van der Waals surface area (Å²) < 4.78 is 5.42. The summed E-state index contributed by atoms with van der Waals surface area (Å²) in [6, 6.07) is 4.16. The fourth-order valence-electron chi connectivity index (χ4n) is 1.63. The first-order valence-electron chi connectivity index (χ1n) is 5.64. The molecule has 2 rings (SSSR count). The maximum absolute atomic E-state index is 11.9. The summed E-state index contributed by atoms with van der Waals surface area (Å²) in [7, 11) is 0. The molecule has 1 aliphatic heterocycles. The molecule has 0 bridgehead atoms. The van der Waals surface area contributed by atoms with Crippen molar-refractivity contribution in [2.75, 3.05) is 6.61 Å². The Morgan fingerprint density at radius 3 is 2.89 bits per heavy atom. The van der Waals surface area contributed by atoms with Crippen LogP contribution in [0, 0.1) is 0 Å². The molecule has 1 aromatic carbocycles. The molecule has 1 heterocycles. The molecule has 0 aromatic heterocycles. The van der Waals surface area contributed by atoms with Gasteiger partial charge in [0.2, 0.25) is 0 Å². The third-order valence-corrected chi connectivity index (χ3v) is 2.93. The van der Waals surface area contributed by atoms with Crippen LogP contribution >= 0.6 is 11.6 Å². The Bertz CT molecular complexity index is 568. The number of carboxylic acid groups (broad SMARTS) is 1. The van der Waals surface area contributed by atoms with Crippen LogP contribution in [0.2, 0.25) is 5.02 Å². The van der Waals surface area contributed by atoms with E-state index in [9.17, 15) is 9.59 Å². The maximum Gasteiger partial charge on any atom is 0.325 e. The van der Waals surface area contributed by atoms with Crippen molar-refractivity contribution in [3.63, 3.8) is 0 Å². The number of benzene rings is 1. The normalized spacial score (nSPS) is 14.7. The minimum atomic E-state index is -1.09. The monoisotopic (exact) mass is 281 g/mol. The third kappa shape index (κ3) is 3.06. The number of carbonyl (C=O) groups excluding carboxylic acids is 1. The molecule has 1 unspecified atom stereocenters. The standard InChI is InChI=1S/C13H12ClNO4/c1-7(13(17)18)15-12(16)9-4-8-5-10(14)2-3-11(8)19-6-9/h2-5,7H,6H2,1H3,(H,15,16)(H,17,18). The number of rotatable bonds is 3. The Balaban J connectivity index is 2.18. The van der Waals surface area contributed by atoms with Crippen molar-refractivity contribution in [3.05, 3.63) is 34.4 Å². The molecule has 5 nitrogen and oxygen atoms in total. The summed E-state index contributed by atoms with van der Waals surface area (Å²) in [6.45, 7) is 1.50. The predicted octanol–water partition coefficient (Wildman–Crippen LogP) is 1.71. The first kappa shape index (κ1) is 13.4. The fraction of sp³-hybridized carbons (Fsp3) is 0.231. The van der Waals surface area contributed by atoms with Gasteiger partial charge in [0, 0.05) is 10.6 Å². The zero-order chi connectivity index (χ0) is 14.0. The smallest absolute Gasteiger partial charge is 0.325 e. The van der Waals surface area contributed by atoms with Crippen LogP contribution in [0.15, 0.2) is 23.8 Å². The van der Waals surface area contributed by atoms with Gasteiger partial charge in [0.25, 0.3) is 5.91 Å². The molecule has 2 N–H and O–H groups in total. The molecule has 1 aliphatic rings. The number of nitrogens with one attached hydrogen (secondary N) is 1. The quantitative estimate of drug-likeness (QED) is 0.884. The van der Waals surface area contributed by atoms with E-state index >= 15 is 0 Å². The van der Waals surface area contributed by atoms with Crippen LogP contribution < -0.4 is 10.1 Å². The van der Waals surface area contributed by atoms with Crippen LogP contribution in [0.1, 0.15) is 12.5 Å². The lowest BCUT2D eigenvalue weighted by Crippen LogP contribution is -2.40. The zero-order valence-electron chi connectivity index (χ0n) is 10.1. The van der Waals surface area contributed by atoms with Crippen molar-refractivity contribution >= 4 is 29.6 Å². The van der Waals surface area contributed by atoms with E-state index in [1.807, 2.05) is 0 Å². The lowest BCUT2D eigenvalue weighted by atomic mass is 10.1. The van der Waals surface area contributed by atoms with Gasteiger partial charge >= 0.3 is 5.97 Å². The predicted molar refractivity (Wildman–Crippen MR) is 70.2 cm³/mol. The van der Waals surface area contributed by atoms with Gasteiger partial charge in [0.15, 0.2) is 0 Å². The number of fused-ring (bicyclic) bond motifs is 1. The number of hydrogen-bond donors (Lipinski definition) is 2. The summed E-state index contributed by atoms with van der Waals surface area (Å²) in [5.74, 6) is -0.901. The van der Waals surface area contributed by atoms with Gasteiger partial charge in [0.1, 0.15) is 18.4 Å². The minimum Gasteiger partial charge on any atom is -0.488 e. The van der Waals surface area contributed by atoms with Crippen molar-refractivity contribution < 1.29 is 19.4 Å². The molecule has 0 fully saturated rings. The summed E-state index contributed by atoms with van der Waals surface area (Å²) in [6.07, 6.45) is 1.65. The summed E-state index contributed by atoms with van der Waals surface area (Å²) in [4.78, 5) is 22.5. The highest BCUT2D eigenvalue weighted by Gasteiger charge is 2.20. The Morgan fingerprint density at radius 1 is 1.47 bits per heavy atom. The number of amides is 1. The highest BCUT2D eigenvalue weighted by molar-refractivity contribution is 6.30. The van der Waals surface area contributed by atoms with Crippen LogP contribution in [0.5, 0.6) is 5.75 Å². The highest BCUT2D eigenvalue weighted by atomic mass is 35.5. The zero-order valence-corrected chi connectivity index (χ0v) is 10.9. The molecule has 0 radical (unpaired) electrons. The highest BCUT2D eigenvalue weighted by Crippen LogP contribution is 2.28. The van der Waals surface area contributed by atoms with E-state index in [1.165, 1.54) is 6.92 Å². The number of carboxylic acids is 1. The van der Waals surface area contributed by atoms with Gasteiger partial charge in [-0.05, 0) is 31.2 Å². The van der Waals surface area contributed by atoms with Gasteiger partial charge < -0.3 is 15.2 Å². The molecule has 0 spiro atoms. The summed E-state index contributed by atoms with van der Waals surface area (Å²) >= 11 is 5.87. The molecule has 1 amide bonds. The molecule has 0 aliphatic carbocycles. The maximum atomic E-state index is 11.9. The molecule has 1 aromatic rings. The van der Waals surface area contributed by atoms with Gasteiger partial charge in [-0.25, -0.2) is 0 Å². The van der Waals surface area contributed by atoms with Gasteiger partial charge in [-0.1, -0.05) is 11.6 Å². The lowest BCUT2D eigenvalue weighted by molar-refractivity contribution is -0.140. The van der Waals surface area contributed by atoms with Crippen LogP contribution in [-0.4, -0.2) is 29.6 Å². The summed E-state index contributed by atoms with van der Waals surface area (Å²) in [5, 5.41) is 11.7. The second-order valence-corrected chi connectivity index (χ2v) is 4.61. The fourth-order valence-corrected chi connectivity index (χ4v) is 1.81. The molecular weight excluding hydrogens is 270 g/mol. The Hall–Kier alpha value is -2.01. The van der Waals surface area contributed by atoms with Crippen molar-refractivity contribution in [2.45, 2.75) is 13.0 Å². The largest absolute Gasteiger partial charge is 0.488 e. The van der Waals surface area contributed by atoms with E-state index in [1.54, 1.807) is 24.3 Å². The van der Waals surface area contributed by atoms with Gasteiger partial charge in [-0.2, -0.15) is 0 Å². The second kappa shape index (κ2) is 5.32. The van der Waals surface area contributed by atoms with Gasteiger partial charge in [0.05, 0.1) is 5.57 Å². The van der Waals surface area contributed by atoms with E-state index in [4.69, 9.17) is 21.4 Å². The van der Waals surface area contributed by atoms with Crippen molar-refractivity contribution in [1.82, 2.24) is 5.32 Å². The average Bonchev–Trinajstić information content (AvgIpc) is 2.37. The molecule has 100 valence electrons. The number of halogens is 1. The van der Waals surface area contributed by atoms with Gasteiger partial charge in [-0.15, -0.1) is 0 Å². The molecule has 19 heavy (non-hydrogen) atoms. The molecule has 0 saturated carbocycles. The number of ether oxygens (including phenoxy) is 1. The topological polar surface area (TPSA) is 75.6 Å². The van der Waals surface area contributed by atoms with Crippen molar-refractivity contribution in [3.8, 4) is 5.75 Å². The third-order valence-electron chi connectivity index (χ3n) is 2.69. The number of aliphatic carboxylic acids is 1. The van der Waals surface area contributed by atoms with E-state index < -0.39 is 17.9 Å². The van der Waals surface area contributed by atoms with Crippen LogP contribution in [-0.2, 0) is 9.59 Å². The van der Waals surface area contributed by atoms with E-state index in [-0.39, 0.29) is 6.61 Å². The lowest BCUT2D eigenvalue weighted by Gasteiger charge is -2.18. The molecule has 6 heteroatoms. The number of hydrogen-bond acceptors (Lipinski definition) is 3. The van der Waals surface area contributed by atoms with Crippen LogP contribution in [0.4, 0.5) is 0 Å². The van der Waals surface area contributed by atoms with Gasteiger partial charge in [-0.3, -0.25) is 9.59 Å². The van der Waals surface area contributed by atoms with E-state index in [0.29, 0.717) is 21.9 Å². The first-order chi connectivity index (χ1) is 8.97. The minimum absolute atomic E-state index is 0.104. The van der Waals surface area contributed by atoms with Crippen LogP contribution in [0.25, 0.3) is 6.08 Å². The summed E-state index contributed by atoms with van der Waals surface area (Å²) in [5.41, 5.74) is 1.06. The average molecular weight is 282 g/mol.